The largest absolute Gasteiger partial charge is 0.361 e. The Hall–Kier alpha value is -1.77. The molecule has 2 N–H and O–H groups in total. The summed E-state index contributed by atoms with van der Waals surface area (Å²) in [5, 5.41) is 5.64. The predicted molar refractivity (Wildman–Crippen MR) is 89.6 cm³/mol. The summed E-state index contributed by atoms with van der Waals surface area (Å²) in [6, 6.07) is 17.0. The molecule has 2 aromatic carbocycles. The minimum atomic E-state index is 0.378. The lowest BCUT2D eigenvalue weighted by Crippen LogP contribution is -2.20. The molecular weight excluding hydrogens is 280 g/mol. The SMILES string of the molecule is CCC(NCc1c[nH]c2cc(Cl)ccc12)c1ccccc1. The van der Waals surface area contributed by atoms with Crippen LogP contribution in [-0.2, 0) is 6.54 Å². The molecule has 0 bridgehead atoms. The van der Waals surface area contributed by atoms with Crippen molar-refractivity contribution in [2.45, 2.75) is 25.9 Å². The number of halogens is 1. The van der Waals surface area contributed by atoms with Gasteiger partial charge in [0, 0.05) is 34.7 Å². The third-order valence-corrected chi connectivity index (χ3v) is 4.11. The molecular formula is C18H19ClN2. The first kappa shape index (κ1) is 14.2. The first-order valence-corrected chi connectivity index (χ1v) is 7.69. The molecule has 1 heterocycles. The van der Waals surface area contributed by atoms with Crippen molar-refractivity contribution in [3.63, 3.8) is 0 Å². The van der Waals surface area contributed by atoms with Crippen molar-refractivity contribution in [1.29, 1.82) is 0 Å². The van der Waals surface area contributed by atoms with Crippen molar-refractivity contribution in [1.82, 2.24) is 10.3 Å². The molecule has 3 heteroatoms. The lowest BCUT2D eigenvalue weighted by atomic mass is 10.0. The van der Waals surface area contributed by atoms with Gasteiger partial charge in [-0.05, 0) is 29.7 Å². The fourth-order valence-corrected chi connectivity index (χ4v) is 2.89. The van der Waals surface area contributed by atoms with E-state index in [-0.39, 0.29) is 0 Å². The number of rotatable bonds is 5. The van der Waals surface area contributed by atoms with Crippen molar-refractivity contribution >= 4 is 22.5 Å². The third kappa shape index (κ3) is 3.12. The predicted octanol–water partition coefficient (Wildman–Crippen LogP) is 5.06. The molecule has 1 unspecified atom stereocenters. The minimum absolute atomic E-state index is 0.378. The molecule has 3 aromatic rings. The first-order chi connectivity index (χ1) is 10.3. The Morgan fingerprint density at radius 1 is 1.14 bits per heavy atom. The van der Waals surface area contributed by atoms with Crippen LogP contribution in [0.4, 0.5) is 0 Å². The molecule has 0 aliphatic heterocycles. The molecule has 0 saturated heterocycles. The Bertz CT molecular complexity index is 718. The number of aromatic nitrogens is 1. The molecule has 108 valence electrons. The molecule has 2 nitrogen and oxygen atoms in total. The molecule has 0 saturated carbocycles. The second kappa shape index (κ2) is 6.33. The molecule has 21 heavy (non-hydrogen) atoms. The summed E-state index contributed by atoms with van der Waals surface area (Å²) in [4.78, 5) is 3.29. The number of fused-ring (bicyclic) bond motifs is 1. The highest BCUT2D eigenvalue weighted by atomic mass is 35.5. The average Bonchev–Trinajstić information content (AvgIpc) is 2.91. The van der Waals surface area contributed by atoms with Crippen molar-refractivity contribution in [2.24, 2.45) is 0 Å². The van der Waals surface area contributed by atoms with Crippen LogP contribution < -0.4 is 5.32 Å². The van der Waals surface area contributed by atoms with Crippen LogP contribution in [0.25, 0.3) is 10.9 Å². The number of hydrogen-bond donors (Lipinski definition) is 2. The normalized spacial score (nSPS) is 12.7. The smallest absolute Gasteiger partial charge is 0.0472 e. The highest BCUT2D eigenvalue weighted by Gasteiger charge is 2.10. The number of benzene rings is 2. The monoisotopic (exact) mass is 298 g/mol. The van der Waals surface area contributed by atoms with E-state index < -0.39 is 0 Å². The summed E-state index contributed by atoms with van der Waals surface area (Å²) in [5.41, 5.74) is 3.70. The van der Waals surface area contributed by atoms with Crippen molar-refractivity contribution in [3.8, 4) is 0 Å². The zero-order valence-corrected chi connectivity index (χ0v) is 12.8. The number of aromatic amines is 1. The van der Waals surface area contributed by atoms with E-state index >= 15 is 0 Å². The third-order valence-electron chi connectivity index (χ3n) is 3.88. The topological polar surface area (TPSA) is 27.8 Å². The van der Waals surface area contributed by atoms with E-state index in [1.807, 2.05) is 12.1 Å². The summed E-state index contributed by atoms with van der Waals surface area (Å²) in [6.45, 7) is 3.05. The van der Waals surface area contributed by atoms with Gasteiger partial charge in [0.1, 0.15) is 0 Å². The number of nitrogens with one attached hydrogen (secondary N) is 2. The van der Waals surface area contributed by atoms with E-state index in [0.717, 1.165) is 23.5 Å². The number of H-pyrrole nitrogens is 1. The van der Waals surface area contributed by atoms with Gasteiger partial charge in [0.2, 0.25) is 0 Å². The van der Waals surface area contributed by atoms with Crippen LogP contribution >= 0.6 is 11.6 Å². The van der Waals surface area contributed by atoms with Crippen molar-refractivity contribution in [2.75, 3.05) is 0 Å². The van der Waals surface area contributed by atoms with Crippen LogP contribution in [0.1, 0.15) is 30.5 Å². The van der Waals surface area contributed by atoms with Crippen LogP contribution in [0, 0.1) is 0 Å². The quantitative estimate of drug-likeness (QED) is 0.677. The zero-order valence-electron chi connectivity index (χ0n) is 12.1. The van der Waals surface area contributed by atoms with E-state index in [0.29, 0.717) is 6.04 Å². The van der Waals surface area contributed by atoms with Gasteiger partial charge >= 0.3 is 0 Å². The molecule has 0 aliphatic rings. The number of hydrogen-bond acceptors (Lipinski definition) is 1. The van der Waals surface area contributed by atoms with Gasteiger partial charge in [-0.3, -0.25) is 0 Å². The second-order valence-electron chi connectivity index (χ2n) is 5.26. The molecule has 0 fully saturated rings. The first-order valence-electron chi connectivity index (χ1n) is 7.31. The van der Waals surface area contributed by atoms with E-state index in [1.165, 1.54) is 16.5 Å². The fourth-order valence-electron chi connectivity index (χ4n) is 2.72. The standard InChI is InChI=1S/C18H19ClN2/c1-2-17(13-6-4-3-5-7-13)20-11-14-12-21-18-10-15(19)8-9-16(14)18/h3-10,12,17,20-21H,2,11H2,1H3. The molecule has 0 radical (unpaired) electrons. The Kier molecular flexibility index (Phi) is 4.28. The van der Waals surface area contributed by atoms with Gasteiger partial charge in [0.05, 0.1) is 0 Å². The second-order valence-corrected chi connectivity index (χ2v) is 5.69. The lowest BCUT2D eigenvalue weighted by Gasteiger charge is -2.17. The maximum absolute atomic E-state index is 6.02. The molecule has 1 aromatic heterocycles. The average molecular weight is 299 g/mol. The van der Waals surface area contributed by atoms with Gasteiger partial charge < -0.3 is 10.3 Å². The van der Waals surface area contributed by atoms with Gasteiger partial charge in [0.15, 0.2) is 0 Å². The highest BCUT2D eigenvalue weighted by Crippen LogP contribution is 2.23. The van der Waals surface area contributed by atoms with E-state index in [1.54, 1.807) is 0 Å². The molecule has 3 rings (SSSR count). The van der Waals surface area contributed by atoms with E-state index in [4.69, 9.17) is 11.6 Å². The summed E-state index contributed by atoms with van der Waals surface area (Å²) in [7, 11) is 0. The van der Waals surface area contributed by atoms with Crippen LogP contribution in [0.2, 0.25) is 5.02 Å². The summed E-state index contributed by atoms with van der Waals surface area (Å²) in [5.74, 6) is 0. The van der Waals surface area contributed by atoms with Crippen molar-refractivity contribution in [3.05, 3.63) is 70.9 Å². The maximum atomic E-state index is 6.02. The van der Waals surface area contributed by atoms with Gasteiger partial charge in [-0.15, -0.1) is 0 Å². The summed E-state index contributed by atoms with van der Waals surface area (Å²) < 4.78 is 0. The Balaban J connectivity index is 1.76. The van der Waals surface area contributed by atoms with Crippen LogP contribution in [0.5, 0.6) is 0 Å². The van der Waals surface area contributed by atoms with Gasteiger partial charge in [-0.1, -0.05) is 54.9 Å². The Morgan fingerprint density at radius 3 is 2.71 bits per heavy atom. The van der Waals surface area contributed by atoms with Crippen molar-refractivity contribution < 1.29 is 0 Å². The Labute approximate surface area is 130 Å². The minimum Gasteiger partial charge on any atom is -0.361 e. The van der Waals surface area contributed by atoms with E-state index in [2.05, 4.69) is 59.8 Å². The van der Waals surface area contributed by atoms with Crippen LogP contribution in [-0.4, -0.2) is 4.98 Å². The van der Waals surface area contributed by atoms with E-state index in [9.17, 15) is 0 Å². The van der Waals surface area contributed by atoms with Crippen LogP contribution in [0.15, 0.2) is 54.7 Å². The molecule has 0 aliphatic carbocycles. The summed E-state index contributed by atoms with van der Waals surface area (Å²) in [6.07, 6.45) is 3.13. The highest BCUT2D eigenvalue weighted by molar-refractivity contribution is 6.31. The molecule has 0 amide bonds. The van der Waals surface area contributed by atoms with Gasteiger partial charge in [-0.25, -0.2) is 0 Å². The zero-order chi connectivity index (χ0) is 14.7. The fraction of sp³-hybridized carbons (Fsp3) is 0.222. The maximum Gasteiger partial charge on any atom is 0.0472 e. The molecule has 0 spiro atoms. The van der Waals surface area contributed by atoms with Gasteiger partial charge in [-0.2, -0.15) is 0 Å². The van der Waals surface area contributed by atoms with Gasteiger partial charge in [0.25, 0.3) is 0 Å². The lowest BCUT2D eigenvalue weighted by molar-refractivity contribution is 0.520. The Morgan fingerprint density at radius 2 is 1.95 bits per heavy atom. The molecule has 1 atom stereocenters. The van der Waals surface area contributed by atoms with Crippen LogP contribution in [0.3, 0.4) is 0 Å². The summed E-state index contributed by atoms with van der Waals surface area (Å²) >= 11 is 6.02.